The molecule has 0 radical (unpaired) electrons. The first kappa shape index (κ1) is 17.4. The van der Waals surface area contributed by atoms with Crippen LogP contribution in [0.15, 0.2) is 28.8 Å². The number of ether oxygens (including phenoxy) is 2. The van der Waals surface area contributed by atoms with Crippen molar-refractivity contribution in [1.82, 2.24) is 10.1 Å². The fourth-order valence-corrected chi connectivity index (χ4v) is 2.01. The predicted molar refractivity (Wildman–Crippen MR) is 85.1 cm³/mol. The number of aliphatic hydroxyl groups excluding tert-OH is 1. The van der Waals surface area contributed by atoms with Crippen LogP contribution in [-0.4, -0.2) is 28.5 Å². The highest BCUT2D eigenvalue weighted by Crippen LogP contribution is 2.20. The fourth-order valence-electron chi connectivity index (χ4n) is 2.01. The third-order valence-corrected chi connectivity index (χ3v) is 3.23. The molecule has 0 amide bonds. The maximum atomic E-state index is 9.07. The van der Waals surface area contributed by atoms with Gasteiger partial charge in [0.1, 0.15) is 11.9 Å². The summed E-state index contributed by atoms with van der Waals surface area (Å²) < 4.78 is 16.6. The highest BCUT2D eigenvalue weighted by Gasteiger charge is 2.15. The molecule has 1 heterocycles. The standard InChI is InChI=1S/C17H24N2O4/c1-12(2)10-21-13(3)17-18-16(23-19-17)11-22-15-7-5-4-6-14(15)8-9-20/h4-7,12-13,20H,8-11H2,1-3H3/t13-/m0/s1. The van der Waals surface area contributed by atoms with Gasteiger partial charge in [-0.2, -0.15) is 4.98 Å². The topological polar surface area (TPSA) is 77.6 Å². The molecule has 0 saturated carbocycles. The van der Waals surface area contributed by atoms with E-state index in [2.05, 4.69) is 24.0 Å². The van der Waals surface area contributed by atoms with Gasteiger partial charge in [-0.15, -0.1) is 0 Å². The van der Waals surface area contributed by atoms with Crippen LogP contribution in [0.25, 0.3) is 0 Å². The van der Waals surface area contributed by atoms with Crippen LogP contribution in [0.3, 0.4) is 0 Å². The summed E-state index contributed by atoms with van der Waals surface area (Å²) in [6.45, 7) is 6.99. The van der Waals surface area contributed by atoms with Crippen molar-refractivity contribution in [3.8, 4) is 5.75 Å². The molecule has 0 aliphatic heterocycles. The molecule has 0 fully saturated rings. The molecule has 0 unspecified atom stereocenters. The smallest absolute Gasteiger partial charge is 0.264 e. The van der Waals surface area contributed by atoms with Crippen LogP contribution >= 0.6 is 0 Å². The van der Waals surface area contributed by atoms with Crippen molar-refractivity contribution in [2.75, 3.05) is 13.2 Å². The molecule has 0 aliphatic carbocycles. The van der Waals surface area contributed by atoms with E-state index in [0.29, 0.717) is 36.4 Å². The van der Waals surface area contributed by atoms with Gasteiger partial charge in [-0.25, -0.2) is 0 Å². The summed E-state index contributed by atoms with van der Waals surface area (Å²) in [5, 5.41) is 13.0. The van der Waals surface area contributed by atoms with Gasteiger partial charge in [0.2, 0.25) is 0 Å². The van der Waals surface area contributed by atoms with Gasteiger partial charge in [0.15, 0.2) is 12.4 Å². The molecule has 0 spiro atoms. The van der Waals surface area contributed by atoms with E-state index in [-0.39, 0.29) is 19.3 Å². The van der Waals surface area contributed by atoms with E-state index in [1.165, 1.54) is 0 Å². The first-order valence-electron chi connectivity index (χ1n) is 7.85. The van der Waals surface area contributed by atoms with Crippen LogP contribution in [0.2, 0.25) is 0 Å². The normalized spacial score (nSPS) is 12.6. The molecule has 1 N–H and O–H groups in total. The Bertz CT molecular complexity index is 598. The van der Waals surface area contributed by atoms with Gasteiger partial charge in [-0.05, 0) is 30.9 Å². The first-order chi connectivity index (χ1) is 11.1. The molecule has 23 heavy (non-hydrogen) atoms. The third kappa shape index (κ3) is 5.33. The van der Waals surface area contributed by atoms with Crippen LogP contribution in [0.4, 0.5) is 0 Å². The van der Waals surface area contributed by atoms with E-state index < -0.39 is 0 Å². The second-order valence-corrected chi connectivity index (χ2v) is 5.79. The van der Waals surface area contributed by atoms with E-state index in [0.717, 1.165) is 5.56 Å². The van der Waals surface area contributed by atoms with Crippen LogP contribution in [-0.2, 0) is 17.8 Å². The maximum absolute atomic E-state index is 9.07. The quantitative estimate of drug-likeness (QED) is 0.765. The minimum absolute atomic E-state index is 0.0792. The zero-order valence-electron chi connectivity index (χ0n) is 13.9. The fraction of sp³-hybridized carbons (Fsp3) is 0.529. The Hall–Kier alpha value is -1.92. The summed E-state index contributed by atoms with van der Waals surface area (Å²) in [5.41, 5.74) is 0.948. The summed E-state index contributed by atoms with van der Waals surface area (Å²) in [7, 11) is 0. The average Bonchev–Trinajstić information content (AvgIpc) is 3.01. The number of aliphatic hydroxyl groups is 1. The Kier molecular flexibility index (Phi) is 6.55. The third-order valence-electron chi connectivity index (χ3n) is 3.23. The summed E-state index contributed by atoms with van der Waals surface area (Å²) >= 11 is 0. The summed E-state index contributed by atoms with van der Waals surface area (Å²) in [5.74, 6) is 2.09. The number of hydrogen-bond donors (Lipinski definition) is 1. The van der Waals surface area contributed by atoms with E-state index in [4.69, 9.17) is 19.1 Å². The summed E-state index contributed by atoms with van der Waals surface area (Å²) in [4.78, 5) is 4.30. The van der Waals surface area contributed by atoms with Gasteiger partial charge in [-0.3, -0.25) is 0 Å². The minimum Gasteiger partial charge on any atom is -0.483 e. The van der Waals surface area contributed by atoms with E-state index in [1.807, 2.05) is 31.2 Å². The number of aromatic nitrogens is 2. The molecule has 0 saturated heterocycles. The highest BCUT2D eigenvalue weighted by molar-refractivity contribution is 5.33. The largest absolute Gasteiger partial charge is 0.483 e. The van der Waals surface area contributed by atoms with Crippen molar-refractivity contribution in [2.45, 2.75) is 39.9 Å². The van der Waals surface area contributed by atoms with Crippen molar-refractivity contribution in [1.29, 1.82) is 0 Å². The molecule has 1 aromatic carbocycles. The Balaban J connectivity index is 1.92. The van der Waals surface area contributed by atoms with Gasteiger partial charge >= 0.3 is 0 Å². The Morgan fingerprint density at radius 1 is 1.22 bits per heavy atom. The van der Waals surface area contributed by atoms with Crippen molar-refractivity contribution in [3.63, 3.8) is 0 Å². The molecule has 6 nitrogen and oxygen atoms in total. The molecule has 2 aromatic rings. The number of para-hydroxylation sites is 1. The van der Waals surface area contributed by atoms with Crippen molar-refractivity contribution in [2.24, 2.45) is 5.92 Å². The molecule has 1 atom stereocenters. The van der Waals surface area contributed by atoms with Gasteiger partial charge in [0.05, 0.1) is 0 Å². The van der Waals surface area contributed by atoms with E-state index >= 15 is 0 Å². The van der Waals surface area contributed by atoms with Gasteiger partial charge in [0.25, 0.3) is 5.89 Å². The molecular formula is C17H24N2O4. The van der Waals surface area contributed by atoms with Gasteiger partial charge in [-0.1, -0.05) is 37.2 Å². The SMILES string of the molecule is CC(C)CO[C@@H](C)c1noc(COc2ccccc2CCO)n1. The summed E-state index contributed by atoms with van der Waals surface area (Å²) in [6.07, 6.45) is 0.335. The molecule has 2 rings (SSSR count). The Morgan fingerprint density at radius 3 is 2.74 bits per heavy atom. The lowest BCUT2D eigenvalue weighted by atomic mass is 10.1. The zero-order valence-corrected chi connectivity index (χ0v) is 13.9. The van der Waals surface area contributed by atoms with Crippen LogP contribution in [0, 0.1) is 5.92 Å². The maximum Gasteiger partial charge on any atom is 0.264 e. The van der Waals surface area contributed by atoms with Crippen molar-refractivity contribution < 1.29 is 19.1 Å². The molecule has 126 valence electrons. The highest BCUT2D eigenvalue weighted by atomic mass is 16.5. The van der Waals surface area contributed by atoms with Crippen molar-refractivity contribution >= 4 is 0 Å². The molecule has 6 heteroatoms. The number of benzene rings is 1. The lowest BCUT2D eigenvalue weighted by molar-refractivity contribution is 0.0402. The Labute approximate surface area is 136 Å². The minimum atomic E-state index is -0.212. The second-order valence-electron chi connectivity index (χ2n) is 5.79. The second kappa shape index (κ2) is 8.64. The lowest BCUT2D eigenvalue weighted by Gasteiger charge is -2.10. The molecule has 0 aliphatic rings. The van der Waals surface area contributed by atoms with E-state index in [1.54, 1.807) is 0 Å². The number of hydrogen-bond acceptors (Lipinski definition) is 6. The first-order valence-corrected chi connectivity index (χ1v) is 7.85. The van der Waals surface area contributed by atoms with Crippen LogP contribution in [0.1, 0.15) is 44.2 Å². The average molecular weight is 320 g/mol. The van der Waals surface area contributed by atoms with Gasteiger partial charge in [0, 0.05) is 13.2 Å². The molecular weight excluding hydrogens is 296 g/mol. The van der Waals surface area contributed by atoms with Crippen molar-refractivity contribution in [3.05, 3.63) is 41.5 Å². The monoisotopic (exact) mass is 320 g/mol. The number of rotatable bonds is 9. The molecule has 0 bridgehead atoms. The lowest BCUT2D eigenvalue weighted by Crippen LogP contribution is -2.08. The van der Waals surface area contributed by atoms with E-state index in [9.17, 15) is 0 Å². The van der Waals surface area contributed by atoms with Crippen LogP contribution < -0.4 is 4.74 Å². The zero-order chi connectivity index (χ0) is 16.7. The summed E-state index contributed by atoms with van der Waals surface area (Å²) in [6, 6.07) is 7.58. The predicted octanol–water partition coefficient (Wildman–Crippen LogP) is 2.92. The van der Waals surface area contributed by atoms with Crippen LogP contribution in [0.5, 0.6) is 5.75 Å². The number of nitrogens with zero attached hydrogens (tertiary/aromatic N) is 2. The van der Waals surface area contributed by atoms with Gasteiger partial charge < -0.3 is 19.1 Å². The molecule has 1 aromatic heterocycles. The Morgan fingerprint density at radius 2 is 2.00 bits per heavy atom.